The normalized spacial score (nSPS) is 11.0. The SMILES string of the molecule is O=C(Cc1cccs1)N/N=C/c1ccc(-c2ccc([N+](=O)[O-])cc2Cl)o1. The molecule has 0 unspecified atom stereocenters. The van der Waals surface area contributed by atoms with Gasteiger partial charge in [0.05, 0.1) is 22.6 Å². The third-order valence-electron chi connectivity index (χ3n) is 3.35. The molecule has 2 aromatic heterocycles. The average Bonchev–Trinajstić information content (AvgIpc) is 3.26. The number of benzene rings is 1. The monoisotopic (exact) mass is 389 g/mol. The molecule has 0 saturated carbocycles. The molecule has 132 valence electrons. The van der Waals surface area contributed by atoms with E-state index in [0.717, 1.165) is 4.88 Å². The van der Waals surface area contributed by atoms with Gasteiger partial charge in [0, 0.05) is 22.6 Å². The summed E-state index contributed by atoms with van der Waals surface area (Å²) in [6.07, 6.45) is 1.63. The summed E-state index contributed by atoms with van der Waals surface area (Å²) < 4.78 is 5.59. The van der Waals surface area contributed by atoms with Crippen molar-refractivity contribution in [1.29, 1.82) is 0 Å². The highest BCUT2D eigenvalue weighted by atomic mass is 35.5. The topological polar surface area (TPSA) is 97.7 Å². The van der Waals surface area contributed by atoms with Gasteiger partial charge in [-0.15, -0.1) is 11.3 Å². The van der Waals surface area contributed by atoms with Gasteiger partial charge in [-0.05, 0) is 29.6 Å². The highest BCUT2D eigenvalue weighted by molar-refractivity contribution is 7.10. The third kappa shape index (κ3) is 4.35. The summed E-state index contributed by atoms with van der Waals surface area (Å²) in [4.78, 5) is 22.9. The highest BCUT2D eigenvalue weighted by Crippen LogP contribution is 2.31. The van der Waals surface area contributed by atoms with Gasteiger partial charge in [0.25, 0.3) is 5.69 Å². The number of carbonyl (C=O) groups excluding carboxylic acids is 1. The lowest BCUT2D eigenvalue weighted by molar-refractivity contribution is -0.384. The lowest BCUT2D eigenvalue weighted by Gasteiger charge is -2.00. The Labute approximate surface area is 157 Å². The molecule has 1 aromatic carbocycles. The predicted molar refractivity (Wildman–Crippen MR) is 99.6 cm³/mol. The van der Waals surface area contributed by atoms with Crippen molar-refractivity contribution in [3.05, 3.63) is 73.6 Å². The molecule has 0 aliphatic heterocycles. The quantitative estimate of drug-likeness (QED) is 0.387. The Kier molecular flexibility index (Phi) is 5.45. The van der Waals surface area contributed by atoms with Crippen LogP contribution in [0.25, 0.3) is 11.3 Å². The largest absolute Gasteiger partial charge is 0.455 e. The van der Waals surface area contributed by atoms with Gasteiger partial charge in [-0.3, -0.25) is 14.9 Å². The number of thiophene rings is 1. The van der Waals surface area contributed by atoms with Crippen LogP contribution in [-0.4, -0.2) is 17.0 Å². The first-order valence-electron chi connectivity index (χ1n) is 7.41. The summed E-state index contributed by atoms with van der Waals surface area (Å²) in [5.41, 5.74) is 2.86. The number of non-ortho nitro benzene ring substituents is 1. The van der Waals surface area contributed by atoms with E-state index in [1.165, 1.54) is 35.8 Å². The van der Waals surface area contributed by atoms with E-state index >= 15 is 0 Å². The molecule has 0 saturated heterocycles. The second-order valence-corrected chi connectivity index (χ2v) is 6.61. The van der Waals surface area contributed by atoms with E-state index < -0.39 is 4.92 Å². The zero-order chi connectivity index (χ0) is 18.5. The molecule has 0 aliphatic rings. The Morgan fingerprint density at radius 3 is 2.88 bits per heavy atom. The highest BCUT2D eigenvalue weighted by Gasteiger charge is 2.13. The number of nitrogens with zero attached hydrogens (tertiary/aromatic N) is 2. The second kappa shape index (κ2) is 7.94. The van der Waals surface area contributed by atoms with E-state index in [1.54, 1.807) is 12.1 Å². The van der Waals surface area contributed by atoms with Crippen LogP contribution in [0.1, 0.15) is 10.6 Å². The van der Waals surface area contributed by atoms with E-state index in [2.05, 4.69) is 10.5 Å². The minimum atomic E-state index is -0.519. The number of hydrogen-bond acceptors (Lipinski definition) is 6. The number of halogens is 1. The van der Waals surface area contributed by atoms with Crippen LogP contribution in [0.4, 0.5) is 5.69 Å². The van der Waals surface area contributed by atoms with Crippen LogP contribution in [0.3, 0.4) is 0 Å². The summed E-state index contributed by atoms with van der Waals surface area (Å²) >= 11 is 7.58. The number of carbonyl (C=O) groups is 1. The molecule has 9 heteroatoms. The number of nitro groups is 1. The Morgan fingerprint density at radius 1 is 1.35 bits per heavy atom. The van der Waals surface area contributed by atoms with E-state index in [4.69, 9.17) is 16.0 Å². The van der Waals surface area contributed by atoms with Gasteiger partial charge >= 0.3 is 0 Å². The van der Waals surface area contributed by atoms with Gasteiger partial charge in [0.2, 0.25) is 5.91 Å². The van der Waals surface area contributed by atoms with Crippen molar-refractivity contribution in [1.82, 2.24) is 5.43 Å². The molecule has 0 spiro atoms. The van der Waals surface area contributed by atoms with Crippen LogP contribution in [0.5, 0.6) is 0 Å². The summed E-state index contributed by atoms with van der Waals surface area (Å²) in [5, 5.41) is 16.7. The Bertz CT molecular complexity index is 966. The Hall–Kier alpha value is -2.97. The van der Waals surface area contributed by atoms with E-state index in [-0.39, 0.29) is 23.0 Å². The number of furan rings is 1. The molecule has 26 heavy (non-hydrogen) atoms. The number of amides is 1. The van der Waals surface area contributed by atoms with Gasteiger partial charge in [-0.1, -0.05) is 17.7 Å². The van der Waals surface area contributed by atoms with Crippen molar-refractivity contribution in [2.75, 3.05) is 0 Å². The average molecular weight is 390 g/mol. The lowest BCUT2D eigenvalue weighted by Crippen LogP contribution is -2.19. The lowest BCUT2D eigenvalue weighted by atomic mass is 10.1. The molecule has 0 bridgehead atoms. The zero-order valence-electron chi connectivity index (χ0n) is 13.2. The van der Waals surface area contributed by atoms with Crippen LogP contribution in [-0.2, 0) is 11.2 Å². The number of hydrogen-bond donors (Lipinski definition) is 1. The molecular formula is C17H12ClN3O4S. The first-order chi connectivity index (χ1) is 12.5. The summed E-state index contributed by atoms with van der Waals surface area (Å²) in [6.45, 7) is 0. The van der Waals surface area contributed by atoms with E-state index in [0.29, 0.717) is 17.1 Å². The molecule has 7 nitrogen and oxygen atoms in total. The van der Waals surface area contributed by atoms with Crippen molar-refractivity contribution < 1.29 is 14.1 Å². The van der Waals surface area contributed by atoms with Crippen LogP contribution < -0.4 is 5.43 Å². The molecule has 1 N–H and O–H groups in total. The Balaban J connectivity index is 1.64. The summed E-state index contributed by atoms with van der Waals surface area (Å²) in [5.74, 6) is 0.621. The maximum Gasteiger partial charge on any atom is 0.270 e. The van der Waals surface area contributed by atoms with Crippen LogP contribution in [0.15, 0.2) is 57.4 Å². The molecule has 3 rings (SSSR count). The van der Waals surface area contributed by atoms with Gasteiger partial charge in [-0.25, -0.2) is 5.43 Å². The second-order valence-electron chi connectivity index (χ2n) is 5.17. The van der Waals surface area contributed by atoms with Crippen molar-refractivity contribution in [2.24, 2.45) is 5.10 Å². The summed E-state index contributed by atoms with van der Waals surface area (Å²) in [6, 6.07) is 11.2. The van der Waals surface area contributed by atoms with Crippen molar-refractivity contribution in [2.45, 2.75) is 6.42 Å². The fourth-order valence-corrected chi connectivity index (χ4v) is 3.13. The van der Waals surface area contributed by atoms with Crippen LogP contribution >= 0.6 is 22.9 Å². The fraction of sp³-hybridized carbons (Fsp3) is 0.0588. The minimum absolute atomic E-state index is 0.0967. The summed E-state index contributed by atoms with van der Waals surface area (Å²) in [7, 11) is 0. The van der Waals surface area contributed by atoms with Gasteiger partial charge in [0.15, 0.2) is 0 Å². The van der Waals surface area contributed by atoms with E-state index in [1.807, 2.05) is 17.5 Å². The van der Waals surface area contributed by atoms with Gasteiger partial charge in [0.1, 0.15) is 11.5 Å². The molecule has 1 amide bonds. The number of rotatable bonds is 6. The molecule has 3 aromatic rings. The number of nitro benzene ring substituents is 1. The van der Waals surface area contributed by atoms with Crippen molar-refractivity contribution in [3.63, 3.8) is 0 Å². The first kappa shape index (κ1) is 17.8. The third-order valence-corrected chi connectivity index (χ3v) is 4.54. The maximum absolute atomic E-state index is 11.7. The Morgan fingerprint density at radius 2 is 2.19 bits per heavy atom. The van der Waals surface area contributed by atoms with E-state index in [9.17, 15) is 14.9 Å². The number of nitrogens with one attached hydrogen (secondary N) is 1. The molecule has 0 fully saturated rings. The predicted octanol–water partition coefficient (Wildman–Crippen LogP) is 4.26. The van der Waals surface area contributed by atoms with Crippen LogP contribution in [0.2, 0.25) is 5.02 Å². The van der Waals surface area contributed by atoms with Gasteiger partial charge in [-0.2, -0.15) is 5.10 Å². The fourth-order valence-electron chi connectivity index (χ4n) is 2.16. The molecular weight excluding hydrogens is 378 g/mol. The molecule has 0 aliphatic carbocycles. The zero-order valence-corrected chi connectivity index (χ0v) is 14.8. The smallest absolute Gasteiger partial charge is 0.270 e. The molecule has 0 atom stereocenters. The van der Waals surface area contributed by atoms with Gasteiger partial charge < -0.3 is 4.42 Å². The molecule has 2 heterocycles. The first-order valence-corrected chi connectivity index (χ1v) is 8.67. The maximum atomic E-state index is 11.7. The van der Waals surface area contributed by atoms with Crippen molar-refractivity contribution in [3.8, 4) is 11.3 Å². The minimum Gasteiger partial charge on any atom is -0.455 e. The number of hydrazone groups is 1. The van der Waals surface area contributed by atoms with Crippen LogP contribution in [0, 0.1) is 10.1 Å². The standard InChI is InChI=1S/C17H12ClN3O4S/c18-15-8-11(21(23)24)3-5-14(15)16-6-4-12(25-16)10-19-20-17(22)9-13-2-1-7-26-13/h1-8,10H,9H2,(H,20,22)/b19-10+. The molecule has 0 radical (unpaired) electrons. The van der Waals surface area contributed by atoms with Crippen molar-refractivity contribution >= 4 is 40.7 Å².